The van der Waals surface area contributed by atoms with Gasteiger partial charge in [0, 0.05) is 16.6 Å². The Bertz CT molecular complexity index is 1440. The van der Waals surface area contributed by atoms with Gasteiger partial charge in [0.2, 0.25) is 0 Å². The zero-order valence-electron chi connectivity index (χ0n) is 18.1. The number of methoxy groups -OCH3 is 1. The van der Waals surface area contributed by atoms with E-state index < -0.39 is 6.04 Å². The molecular weight excluding hydrogens is 440 g/mol. The van der Waals surface area contributed by atoms with Crippen molar-refractivity contribution in [1.82, 2.24) is 24.5 Å². The lowest BCUT2D eigenvalue weighted by Gasteiger charge is -2.23. The molecule has 0 radical (unpaired) electrons. The summed E-state index contributed by atoms with van der Waals surface area (Å²) in [7, 11) is 1.64. The number of imidazole rings is 1. The predicted octanol–water partition coefficient (Wildman–Crippen LogP) is 5.04. The molecule has 0 spiro atoms. The van der Waals surface area contributed by atoms with Crippen molar-refractivity contribution in [3.8, 4) is 5.75 Å². The molecule has 0 aliphatic carbocycles. The van der Waals surface area contributed by atoms with E-state index in [9.17, 15) is 5.21 Å². The summed E-state index contributed by atoms with van der Waals surface area (Å²) in [5.74, 6) is 1.11. The van der Waals surface area contributed by atoms with Crippen molar-refractivity contribution >= 4 is 39.4 Å². The highest BCUT2D eigenvalue weighted by molar-refractivity contribution is 6.35. The van der Waals surface area contributed by atoms with Crippen LogP contribution >= 0.6 is 11.6 Å². The van der Waals surface area contributed by atoms with Crippen LogP contribution in [0.4, 0.5) is 5.82 Å². The predicted molar refractivity (Wildman–Crippen MR) is 127 cm³/mol. The SMILES string of the molecule is COc1ccc(Cn2cnc3c(N(O)[C@@H](C)c4cc5cccc(Cl)c5cn4)ncnc32)cc1. The van der Waals surface area contributed by atoms with Crippen LogP contribution in [0.2, 0.25) is 5.02 Å². The van der Waals surface area contributed by atoms with E-state index >= 15 is 0 Å². The Morgan fingerprint density at radius 1 is 1.09 bits per heavy atom. The molecule has 166 valence electrons. The van der Waals surface area contributed by atoms with Crippen molar-refractivity contribution in [3.05, 3.63) is 83.7 Å². The van der Waals surface area contributed by atoms with Crippen LogP contribution in [-0.2, 0) is 6.54 Å². The minimum Gasteiger partial charge on any atom is -0.497 e. The molecule has 5 rings (SSSR count). The third-order valence-corrected chi connectivity index (χ3v) is 5.97. The average molecular weight is 461 g/mol. The molecule has 0 saturated carbocycles. The number of nitrogens with zero attached hydrogens (tertiary/aromatic N) is 6. The molecule has 0 aliphatic rings. The van der Waals surface area contributed by atoms with E-state index in [1.807, 2.05) is 60.0 Å². The molecule has 3 aromatic heterocycles. The van der Waals surface area contributed by atoms with E-state index in [-0.39, 0.29) is 0 Å². The molecule has 0 saturated heterocycles. The average Bonchev–Trinajstić information content (AvgIpc) is 3.26. The first kappa shape index (κ1) is 21.1. The van der Waals surface area contributed by atoms with Crippen molar-refractivity contribution in [2.45, 2.75) is 19.5 Å². The first-order chi connectivity index (χ1) is 16.0. The number of rotatable bonds is 6. The third-order valence-electron chi connectivity index (χ3n) is 5.64. The van der Waals surface area contributed by atoms with Gasteiger partial charge in [0.25, 0.3) is 0 Å². The van der Waals surface area contributed by atoms with Gasteiger partial charge in [-0.3, -0.25) is 10.2 Å². The van der Waals surface area contributed by atoms with Gasteiger partial charge in [-0.25, -0.2) is 20.0 Å². The number of pyridine rings is 1. The first-order valence-corrected chi connectivity index (χ1v) is 10.7. The van der Waals surface area contributed by atoms with E-state index in [2.05, 4.69) is 19.9 Å². The van der Waals surface area contributed by atoms with Crippen molar-refractivity contribution in [2.24, 2.45) is 0 Å². The smallest absolute Gasteiger partial charge is 0.184 e. The van der Waals surface area contributed by atoms with Gasteiger partial charge < -0.3 is 9.30 Å². The molecule has 33 heavy (non-hydrogen) atoms. The molecule has 0 unspecified atom stereocenters. The maximum atomic E-state index is 11.0. The van der Waals surface area contributed by atoms with E-state index in [1.165, 1.54) is 6.33 Å². The van der Waals surface area contributed by atoms with Gasteiger partial charge in [0.1, 0.15) is 12.1 Å². The Morgan fingerprint density at radius 3 is 2.70 bits per heavy atom. The van der Waals surface area contributed by atoms with Crippen molar-refractivity contribution < 1.29 is 9.94 Å². The number of halogens is 1. The summed E-state index contributed by atoms with van der Waals surface area (Å²) in [6.45, 7) is 2.42. The summed E-state index contributed by atoms with van der Waals surface area (Å²) in [6, 6.07) is 14.9. The second-order valence-corrected chi connectivity index (χ2v) is 8.09. The molecule has 0 fully saturated rings. The van der Waals surface area contributed by atoms with Gasteiger partial charge in [0.05, 0.1) is 31.7 Å². The fourth-order valence-electron chi connectivity index (χ4n) is 3.77. The molecule has 8 nitrogen and oxygen atoms in total. The van der Waals surface area contributed by atoms with Gasteiger partial charge in [-0.2, -0.15) is 0 Å². The summed E-state index contributed by atoms with van der Waals surface area (Å²) in [4.78, 5) is 17.7. The molecule has 1 atom stereocenters. The van der Waals surface area contributed by atoms with Crippen molar-refractivity contribution in [1.29, 1.82) is 0 Å². The summed E-state index contributed by atoms with van der Waals surface area (Å²) < 4.78 is 7.13. The summed E-state index contributed by atoms with van der Waals surface area (Å²) in [5, 5.41) is 14.6. The zero-order chi connectivity index (χ0) is 22.9. The van der Waals surface area contributed by atoms with Crippen LogP contribution < -0.4 is 9.80 Å². The van der Waals surface area contributed by atoms with E-state index in [1.54, 1.807) is 19.6 Å². The molecular formula is C24H21ClN6O2. The van der Waals surface area contributed by atoms with E-state index in [0.29, 0.717) is 34.2 Å². The number of aromatic nitrogens is 5. The van der Waals surface area contributed by atoms with Gasteiger partial charge >= 0.3 is 0 Å². The molecule has 5 aromatic rings. The molecule has 0 bridgehead atoms. The monoisotopic (exact) mass is 460 g/mol. The van der Waals surface area contributed by atoms with E-state index in [0.717, 1.165) is 27.1 Å². The lowest BCUT2D eigenvalue weighted by atomic mass is 10.1. The Labute approximate surface area is 195 Å². The number of anilines is 1. The second kappa shape index (κ2) is 8.65. The number of hydrogen-bond donors (Lipinski definition) is 1. The van der Waals surface area contributed by atoms with Crippen molar-refractivity contribution in [2.75, 3.05) is 12.2 Å². The van der Waals surface area contributed by atoms with E-state index in [4.69, 9.17) is 16.3 Å². The van der Waals surface area contributed by atoms with Crippen LogP contribution in [-0.4, -0.2) is 36.8 Å². The molecule has 9 heteroatoms. The fraction of sp³-hybridized carbons (Fsp3) is 0.167. The fourth-order valence-corrected chi connectivity index (χ4v) is 4.00. The highest BCUT2D eigenvalue weighted by atomic mass is 35.5. The number of hydrogen-bond acceptors (Lipinski definition) is 7. The molecule has 0 aliphatic heterocycles. The normalized spacial score (nSPS) is 12.2. The van der Waals surface area contributed by atoms with Crippen LogP contribution in [0.25, 0.3) is 21.9 Å². The lowest BCUT2D eigenvalue weighted by molar-refractivity contribution is 0.219. The first-order valence-electron chi connectivity index (χ1n) is 10.4. The lowest BCUT2D eigenvalue weighted by Crippen LogP contribution is -2.24. The zero-order valence-corrected chi connectivity index (χ0v) is 18.8. The van der Waals surface area contributed by atoms with Gasteiger partial charge in [-0.1, -0.05) is 35.9 Å². The Morgan fingerprint density at radius 2 is 1.91 bits per heavy atom. The highest BCUT2D eigenvalue weighted by Crippen LogP contribution is 2.30. The number of fused-ring (bicyclic) bond motifs is 2. The van der Waals surface area contributed by atoms with Crippen LogP contribution in [0.15, 0.2) is 67.4 Å². The number of ether oxygens (including phenoxy) is 1. The minimum atomic E-state index is -0.474. The van der Waals surface area contributed by atoms with Gasteiger partial charge in [-0.05, 0) is 42.1 Å². The van der Waals surface area contributed by atoms with Crippen molar-refractivity contribution in [3.63, 3.8) is 0 Å². The third kappa shape index (κ3) is 3.94. The molecule has 1 N–H and O–H groups in total. The summed E-state index contributed by atoms with van der Waals surface area (Å²) >= 11 is 6.25. The maximum absolute atomic E-state index is 11.0. The maximum Gasteiger partial charge on any atom is 0.184 e. The summed E-state index contributed by atoms with van der Waals surface area (Å²) in [6.07, 6.45) is 4.84. The Balaban J connectivity index is 1.45. The Kier molecular flexibility index (Phi) is 5.53. The molecule has 0 amide bonds. The number of hydroxylamine groups is 1. The second-order valence-electron chi connectivity index (χ2n) is 7.68. The van der Waals surface area contributed by atoms with Gasteiger partial charge in [0.15, 0.2) is 17.0 Å². The quantitative estimate of drug-likeness (QED) is 0.355. The standard InChI is InChI=1S/C24H21ClN6O2/c1-15(21-10-17-4-3-5-20(25)19(17)11-26-21)31(32)24-22-23(27-13-28-24)30(14-29-22)12-16-6-8-18(33-2)9-7-16/h3-11,13-15,32H,12H2,1-2H3/t15-/m0/s1. The summed E-state index contributed by atoms with van der Waals surface area (Å²) in [5.41, 5.74) is 2.88. The van der Waals surface area contributed by atoms with Crippen LogP contribution in [0.3, 0.4) is 0 Å². The van der Waals surface area contributed by atoms with Crippen LogP contribution in [0, 0.1) is 0 Å². The van der Waals surface area contributed by atoms with Crippen LogP contribution in [0.5, 0.6) is 5.75 Å². The van der Waals surface area contributed by atoms with Gasteiger partial charge in [-0.15, -0.1) is 0 Å². The largest absolute Gasteiger partial charge is 0.497 e. The molecule has 2 aromatic carbocycles. The highest BCUT2D eigenvalue weighted by Gasteiger charge is 2.22. The topological polar surface area (TPSA) is 89.2 Å². The minimum absolute atomic E-state index is 0.314. The Hall–Kier alpha value is -3.75. The molecule has 3 heterocycles. The number of benzene rings is 2. The van der Waals surface area contributed by atoms with Crippen LogP contribution in [0.1, 0.15) is 24.2 Å².